The molecule has 0 aliphatic carbocycles. The van der Waals surface area contributed by atoms with E-state index in [4.69, 9.17) is 4.52 Å². The molecule has 0 fully saturated rings. The molecule has 1 aromatic carbocycles. The van der Waals surface area contributed by atoms with Gasteiger partial charge in [-0.1, -0.05) is 44.2 Å². The van der Waals surface area contributed by atoms with Gasteiger partial charge in [0.2, 0.25) is 7.37 Å². The average Bonchev–Trinajstić information content (AvgIpc) is 2.47. The van der Waals surface area contributed by atoms with Gasteiger partial charge in [0.05, 0.1) is 5.92 Å². The van der Waals surface area contributed by atoms with E-state index in [1.165, 1.54) is 12.7 Å². The third kappa shape index (κ3) is 6.76. The van der Waals surface area contributed by atoms with Gasteiger partial charge in [0.1, 0.15) is 0 Å². The Labute approximate surface area is 133 Å². The zero-order valence-corrected chi connectivity index (χ0v) is 14.6. The van der Waals surface area contributed by atoms with Crippen molar-refractivity contribution in [3.8, 4) is 0 Å². The van der Waals surface area contributed by atoms with E-state index < -0.39 is 19.3 Å². The Morgan fingerprint density at radius 1 is 1.27 bits per heavy atom. The van der Waals surface area contributed by atoms with Gasteiger partial charge in [-0.05, 0) is 30.7 Å². The summed E-state index contributed by atoms with van der Waals surface area (Å²) in [6.07, 6.45) is 2.66. The van der Waals surface area contributed by atoms with Crippen molar-refractivity contribution in [1.29, 1.82) is 0 Å². The second-order valence-electron chi connectivity index (χ2n) is 6.16. The normalized spacial score (nSPS) is 15.5. The number of carboxylic acids is 1. The van der Waals surface area contributed by atoms with Crippen molar-refractivity contribution in [2.75, 3.05) is 19.4 Å². The first-order chi connectivity index (χ1) is 10.4. The van der Waals surface area contributed by atoms with Crippen LogP contribution in [0.15, 0.2) is 30.3 Å². The van der Waals surface area contributed by atoms with Crippen LogP contribution in [0.25, 0.3) is 0 Å². The van der Waals surface area contributed by atoms with Gasteiger partial charge >= 0.3 is 5.97 Å². The average molecular weight is 326 g/mol. The first-order valence-corrected chi connectivity index (χ1v) is 9.76. The minimum atomic E-state index is -2.88. The Hall–Kier alpha value is -1.12. The van der Waals surface area contributed by atoms with Crippen LogP contribution < -0.4 is 0 Å². The molecule has 0 aliphatic rings. The third-order valence-corrected chi connectivity index (χ3v) is 6.40. The van der Waals surface area contributed by atoms with Crippen LogP contribution >= 0.6 is 7.37 Å². The molecule has 2 atom stereocenters. The molecule has 1 rings (SSSR count). The molecule has 0 bridgehead atoms. The monoisotopic (exact) mass is 326 g/mol. The first-order valence-electron chi connectivity index (χ1n) is 7.77. The fourth-order valence-electron chi connectivity index (χ4n) is 2.58. The van der Waals surface area contributed by atoms with Crippen LogP contribution in [-0.2, 0) is 20.3 Å². The van der Waals surface area contributed by atoms with Gasteiger partial charge in [-0.15, -0.1) is 0 Å². The number of rotatable bonds is 10. The van der Waals surface area contributed by atoms with Crippen molar-refractivity contribution in [3.05, 3.63) is 35.9 Å². The lowest BCUT2D eigenvalue weighted by Crippen LogP contribution is -2.21. The standard InChI is InChI=1S/C17H27O4P/c1-14(2)12-16(17(18)19)13-22(20,21-3)11-7-10-15-8-5-4-6-9-15/h4-6,8-9,14,16H,7,10-13H2,1-3H3,(H,18,19). The van der Waals surface area contributed by atoms with E-state index in [0.717, 1.165) is 12.8 Å². The molecular weight excluding hydrogens is 299 g/mol. The lowest BCUT2D eigenvalue weighted by molar-refractivity contribution is -0.141. The fourth-order valence-corrected chi connectivity index (χ4v) is 4.72. The van der Waals surface area contributed by atoms with Gasteiger partial charge in [0.25, 0.3) is 0 Å². The van der Waals surface area contributed by atoms with E-state index in [1.807, 2.05) is 44.2 Å². The van der Waals surface area contributed by atoms with Gasteiger partial charge in [-0.2, -0.15) is 0 Å². The molecule has 124 valence electrons. The predicted octanol–water partition coefficient (Wildman–Crippen LogP) is 4.29. The summed E-state index contributed by atoms with van der Waals surface area (Å²) in [7, 11) is -1.46. The van der Waals surface area contributed by atoms with Crippen LogP contribution in [0, 0.1) is 11.8 Å². The molecule has 0 aliphatic heterocycles. The van der Waals surface area contributed by atoms with E-state index in [-0.39, 0.29) is 12.1 Å². The molecule has 0 heterocycles. The van der Waals surface area contributed by atoms with Crippen LogP contribution in [0.2, 0.25) is 0 Å². The molecule has 0 aromatic heterocycles. The van der Waals surface area contributed by atoms with E-state index in [1.54, 1.807) is 0 Å². The third-order valence-electron chi connectivity index (χ3n) is 3.74. The lowest BCUT2D eigenvalue weighted by atomic mass is 9.99. The molecule has 22 heavy (non-hydrogen) atoms. The maximum atomic E-state index is 12.8. The van der Waals surface area contributed by atoms with Gasteiger partial charge in [-0.3, -0.25) is 9.36 Å². The Morgan fingerprint density at radius 2 is 1.91 bits per heavy atom. The summed E-state index contributed by atoms with van der Waals surface area (Å²) < 4.78 is 18.0. The number of carboxylic acid groups (broad SMARTS) is 1. The maximum Gasteiger partial charge on any atom is 0.307 e. The van der Waals surface area contributed by atoms with Crippen LogP contribution in [0.4, 0.5) is 0 Å². The largest absolute Gasteiger partial charge is 0.481 e. The topological polar surface area (TPSA) is 63.6 Å². The molecule has 0 saturated carbocycles. The number of carbonyl (C=O) groups is 1. The van der Waals surface area contributed by atoms with Crippen molar-refractivity contribution >= 4 is 13.3 Å². The summed E-state index contributed by atoms with van der Waals surface area (Å²) in [6.45, 7) is 3.95. The molecule has 4 nitrogen and oxygen atoms in total. The van der Waals surface area contributed by atoms with Crippen molar-refractivity contribution in [2.45, 2.75) is 33.1 Å². The van der Waals surface area contributed by atoms with Crippen LogP contribution in [0.5, 0.6) is 0 Å². The van der Waals surface area contributed by atoms with Crippen molar-refractivity contribution in [1.82, 2.24) is 0 Å². The van der Waals surface area contributed by atoms with Gasteiger partial charge in [0.15, 0.2) is 0 Å². The van der Waals surface area contributed by atoms with E-state index in [2.05, 4.69) is 0 Å². The molecule has 0 amide bonds. The zero-order valence-electron chi connectivity index (χ0n) is 13.7. The van der Waals surface area contributed by atoms with Crippen molar-refractivity contribution in [3.63, 3.8) is 0 Å². The summed E-state index contributed by atoms with van der Waals surface area (Å²) in [5.41, 5.74) is 1.20. The maximum absolute atomic E-state index is 12.8. The van der Waals surface area contributed by atoms with E-state index in [0.29, 0.717) is 12.6 Å². The second-order valence-corrected chi connectivity index (χ2v) is 8.96. The van der Waals surface area contributed by atoms with E-state index >= 15 is 0 Å². The van der Waals surface area contributed by atoms with Gasteiger partial charge in [0, 0.05) is 19.4 Å². The Balaban J connectivity index is 2.58. The van der Waals surface area contributed by atoms with Gasteiger partial charge in [-0.25, -0.2) is 0 Å². The SMILES string of the molecule is COP(=O)(CCCc1ccccc1)CC(CC(C)C)C(=O)O. The summed E-state index contributed by atoms with van der Waals surface area (Å²) in [4.78, 5) is 11.3. The Bertz CT molecular complexity index is 499. The first kappa shape index (κ1) is 18.9. The molecule has 2 unspecified atom stereocenters. The minimum absolute atomic E-state index is 0.131. The van der Waals surface area contributed by atoms with Gasteiger partial charge < -0.3 is 9.63 Å². The molecule has 1 aromatic rings. The van der Waals surface area contributed by atoms with Crippen LogP contribution in [-0.4, -0.2) is 30.5 Å². The summed E-state index contributed by atoms with van der Waals surface area (Å²) in [5, 5.41) is 9.31. The molecule has 1 N–H and O–H groups in total. The molecule has 0 radical (unpaired) electrons. The Morgan fingerprint density at radius 3 is 2.41 bits per heavy atom. The number of benzene rings is 1. The Kier molecular flexibility index (Phi) is 7.84. The molecule has 0 saturated heterocycles. The highest BCUT2D eigenvalue weighted by atomic mass is 31.2. The number of aliphatic carboxylic acids is 1. The summed E-state index contributed by atoms with van der Waals surface area (Å²) in [5.74, 6) is -1.22. The molecular formula is C17H27O4P. The highest BCUT2D eigenvalue weighted by molar-refractivity contribution is 7.59. The summed E-state index contributed by atoms with van der Waals surface area (Å²) in [6, 6.07) is 10.0. The highest BCUT2D eigenvalue weighted by Gasteiger charge is 2.30. The number of aryl methyl sites for hydroxylation is 1. The second kappa shape index (κ2) is 9.12. The number of hydrogen-bond acceptors (Lipinski definition) is 3. The predicted molar refractivity (Wildman–Crippen MR) is 89.7 cm³/mol. The van der Waals surface area contributed by atoms with Crippen LogP contribution in [0.3, 0.4) is 0 Å². The highest BCUT2D eigenvalue weighted by Crippen LogP contribution is 2.49. The smallest absolute Gasteiger partial charge is 0.307 e. The van der Waals surface area contributed by atoms with E-state index in [9.17, 15) is 14.5 Å². The van der Waals surface area contributed by atoms with Crippen LogP contribution in [0.1, 0.15) is 32.3 Å². The zero-order chi connectivity index (χ0) is 16.6. The fraction of sp³-hybridized carbons (Fsp3) is 0.588. The van der Waals surface area contributed by atoms with Crippen molar-refractivity contribution in [2.24, 2.45) is 11.8 Å². The summed E-state index contributed by atoms with van der Waals surface area (Å²) >= 11 is 0. The minimum Gasteiger partial charge on any atom is -0.481 e. The quantitative estimate of drug-likeness (QED) is 0.651. The lowest BCUT2D eigenvalue weighted by Gasteiger charge is -2.21. The molecule has 0 spiro atoms. The molecule has 5 heteroatoms. The number of hydrogen-bond donors (Lipinski definition) is 1. The van der Waals surface area contributed by atoms with Crippen molar-refractivity contribution < 1.29 is 19.0 Å².